The van der Waals surface area contributed by atoms with Gasteiger partial charge in [-0.1, -0.05) is 56.3 Å². The summed E-state index contributed by atoms with van der Waals surface area (Å²) >= 11 is 0. The second-order valence-corrected chi connectivity index (χ2v) is 7.98. The molecule has 0 radical (unpaired) electrons. The van der Waals surface area contributed by atoms with Crippen LogP contribution in [0.2, 0.25) is 0 Å². The highest BCUT2D eigenvalue weighted by molar-refractivity contribution is 5.17. The predicted molar refractivity (Wildman–Crippen MR) is 92.4 cm³/mol. The van der Waals surface area contributed by atoms with E-state index in [1.165, 1.54) is 0 Å². The molecular formula is C19H27N3O2. The van der Waals surface area contributed by atoms with E-state index in [9.17, 15) is 5.11 Å². The van der Waals surface area contributed by atoms with Gasteiger partial charge < -0.3 is 9.63 Å². The Kier molecular flexibility index (Phi) is 5.01. The molecule has 0 unspecified atom stereocenters. The van der Waals surface area contributed by atoms with Gasteiger partial charge in [0.2, 0.25) is 5.89 Å². The largest absolute Gasteiger partial charge is 0.387 e. The lowest BCUT2D eigenvalue weighted by Crippen LogP contribution is -2.35. The van der Waals surface area contributed by atoms with Gasteiger partial charge in [-0.3, -0.25) is 4.90 Å². The molecule has 1 saturated carbocycles. The first kappa shape index (κ1) is 17.1. The maximum atomic E-state index is 10.6. The van der Waals surface area contributed by atoms with E-state index >= 15 is 0 Å². The molecule has 130 valence electrons. The number of hydrogen-bond acceptors (Lipinski definition) is 5. The van der Waals surface area contributed by atoms with Crippen LogP contribution in [0, 0.1) is 5.41 Å². The van der Waals surface area contributed by atoms with Crippen molar-refractivity contribution in [2.24, 2.45) is 5.41 Å². The molecule has 1 aliphatic carbocycles. The first-order chi connectivity index (χ1) is 11.4. The van der Waals surface area contributed by atoms with Crippen LogP contribution < -0.4 is 0 Å². The Hall–Kier alpha value is -1.72. The molecule has 1 atom stereocenters. The molecule has 0 spiro atoms. The summed E-state index contributed by atoms with van der Waals surface area (Å²) in [5.74, 6) is 1.97. The molecule has 2 aromatic rings. The van der Waals surface area contributed by atoms with Crippen LogP contribution in [-0.2, 0) is 6.54 Å². The van der Waals surface area contributed by atoms with Gasteiger partial charge in [-0.25, -0.2) is 0 Å². The summed E-state index contributed by atoms with van der Waals surface area (Å²) in [5, 5.41) is 14.7. The molecule has 1 aliphatic rings. The second kappa shape index (κ2) is 7.03. The maximum absolute atomic E-state index is 10.6. The molecular weight excluding hydrogens is 302 g/mol. The van der Waals surface area contributed by atoms with Crippen molar-refractivity contribution in [3.05, 3.63) is 47.6 Å². The van der Waals surface area contributed by atoms with E-state index in [1.807, 2.05) is 30.3 Å². The molecule has 1 aromatic heterocycles. The van der Waals surface area contributed by atoms with Crippen LogP contribution in [0.25, 0.3) is 0 Å². The summed E-state index contributed by atoms with van der Waals surface area (Å²) in [7, 11) is 0. The highest BCUT2D eigenvalue weighted by Gasteiger charge is 2.29. The highest BCUT2D eigenvalue weighted by atomic mass is 16.5. The van der Waals surface area contributed by atoms with Gasteiger partial charge in [-0.15, -0.1) is 0 Å². The van der Waals surface area contributed by atoms with Crippen molar-refractivity contribution < 1.29 is 9.63 Å². The third-order valence-electron chi connectivity index (χ3n) is 4.10. The van der Waals surface area contributed by atoms with E-state index in [2.05, 4.69) is 35.8 Å². The van der Waals surface area contributed by atoms with Crippen molar-refractivity contribution in [2.75, 3.05) is 13.1 Å². The topological polar surface area (TPSA) is 62.4 Å². The molecule has 0 aliphatic heterocycles. The lowest BCUT2D eigenvalue weighted by molar-refractivity contribution is 0.0802. The number of rotatable bonds is 7. The summed E-state index contributed by atoms with van der Waals surface area (Å²) in [4.78, 5) is 6.72. The van der Waals surface area contributed by atoms with Crippen molar-refractivity contribution in [1.82, 2.24) is 15.0 Å². The smallest absolute Gasteiger partial charge is 0.240 e. The molecule has 1 heterocycles. The van der Waals surface area contributed by atoms with Gasteiger partial charge in [0, 0.05) is 19.0 Å². The first-order valence-corrected chi connectivity index (χ1v) is 8.68. The Morgan fingerprint density at radius 1 is 1.25 bits per heavy atom. The predicted octanol–water partition coefficient (Wildman–Crippen LogP) is 3.53. The minimum absolute atomic E-state index is 0.121. The number of hydrogen-bond donors (Lipinski definition) is 1. The Balaban J connectivity index is 1.67. The second-order valence-electron chi connectivity index (χ2n) is 7.98. The number of nitrogens with zero attached hydrogens (tertiary/aromatic N) is 3. The normalized spacial score (nSPS) is 16.5. The average Bonchev–Trinajstić information content (AvgIpc) is 3.27. The van der Waals surface area contributed by atoms with Crippen molar-refractivity contribution in [3.63, 3.8) is 0 Å². The SMILES string of the molecule is CC(C)(C)CN(Cc1nc(C2CC2)no1)C[C@H](O)c1ccccc1. The van der Waals surface area contributed by atoms with Crippen LogP contribution in [0.1, 0.15) is 62.9 Å². The van der Waals surface area contributed by atoms with Gasteiger partial charge in [-0.05, 0) is 23.8 Å². The molecule has 5 heteroatoms. The van der Waals surface area contributed by atoms with E-state index in [-0.39, 0.29) is 5.41 Å². The molecule has 0 amide bonds. The van der Waals surface area contributed by atoms with Crippen LogP contribution >= 0.6 is 0 Å². The summed E-state index contributed by atoms with van der Waals surface area (Å²) in [6, 6.07) is 9.77. The maximum Gasteiger partial charge on any atom is 0.240 e. The third kappa shape index (κ3) is 4.89. The number of aromatic nitrogens is 2. The minimum Gasteiger partial charge on any atom is -0.387 e. The van der Waals surface area contributed by atoms with Gasteiger partial charge in [-0.2, -0.15) is 4.98 Å². The monoisotopic (exact) mass is 329 g/mol. The van der Waals surface area contributed by atoms with Crippen LogP contribution in [0.3, 0.4) is 0 Å². The van der Waals surface area contributed by atoms with Gasteiger partial charge in [0.25, 0.3) is 0 Å². The molecule has 5 nitrogen and oxygen atoms in total. The molecule has 1 N–H and O–H groups in total. The Morgan fingerprint density at radius 3 is 2.58 bits per heavy atom. The van der Waals surface area contributed by atoms with Crippen molar-refractivity contribution >= 4 is 0 Å². The van der Waals surface area contributed by atoms with Crippen molar-refractivity contribution in [3.8, 4) is 0 Å². The zero-order valence-corrected chi connectivity index (χ0v) is 14.8. The summed E-state index contributed by atoms with van der Waals surface area (Å²) in [6.45, 7) is 8.54. The van der Waals surface area contributed by atoms with Gasteiger partial charge >= 0.3 is 0 Å². The number of aliphatic hydroxyl groups is 1. The lowest BCUT2D eigenvalue weighted by Gasteiger charge is -2.30. The van der Waals surface area contributed by atoms with Crippen LogP contribution in [0.4, 0.5) is 0 Å². The summed E-state index contributed by atoms with van der Waals surface area (Å²) in [5.41, 5.74) is 1.05. The minimum atomic E-state index is -0.528. The number of benzene rings is 1. The zero-order chi connectivity index (χ0) is 17.2. The zero-order valence-electron chi connectivity index (χ0n) is 14.8. The van der Waals surface area contributed by atoms with Crippen molar-refractivity contribution in [1.29, 1.82) is 0 Å². The van der Waals surface area contributed by atoms with Crippen LogP contribution in [0.5, 0.6) is 0 Å². The van der Waals surface area contributed by atoms with Crippen LogP contribution in [-0.4, -0.2) is 33.2 Å². The first-order valence-electron chi connectivity index (χ1n) is 8.68. The fraction of sp³-hybridized carbons (Fsp3) is 0.579. The molecule has 0 saturated heterocycles. The highest BCUT2D eigenvalue weighted by Crippen LogP contribution is 2.38. The standard InChI is InChI=1S/C19H27N3O2/c1-19(2,3)13-22(11-16(23)14-7-5-4-6-8-14)12-17-20-18(21-24-17)15-9-10-15/h4-8,15-16,23H,9-13H2,1-3H3/t16-/m0/s1. The molecule has 1 fully saturated rings. The average molecular weight is 329 g/mol. The van der Waals surface area contributed by atoms with E-state index in [1.54, 1.807) is 0 Å². The molecule has 24 heavy (non-hydrogen) atoms. The van der Waals surface area contributed by atoms with Gasteiger partial charge in [0.05, 0.1) is 12.6 Å². The molecule has 1 aromatic carbocycles. The molecule has 0 bridgehead atoms. The molecule has 3 rings (SSSR count). The van der Waals surface area contributed by atoms with E-state index in [4.69, 9.17) is 4.52 Å². The van der Waals surface area contributed by atoms with Crippen molar-refractivity contribution in [2.45, 2.75) is 52.2 Å². The summed E-state index contributed by atoms with van der Waals surface area (Å²) < 4.78 is 5.41. The van der Waals surface area contributed by atoms with Gasteiger partial charge in [0.15, 0.2) is 5.82 Å². The van der Waals surface area contributed by atoms with Crippen LogP contribution in [0.15, 0.2) is 34.9 Å². The summed E-state index contributed by atoms with van der Waals surface area (Å²) in [6.07, 6.45) is 1.80. The third-order valence-corrected chi connectivity index (χ3v) is 4.10. The fourth-order valence-electron chi connectivity index (χ4n) is 2.91. The fourth-order valence-corrected chi connectivity index (χ4v) is 2.91. The number of aliphatic hydroxyl groups excluding tert-OH is 1. The lowest BCUT2D eigenvalue weighted by atomic mass is 9.95. The van der Waals surface area contributed by atoms with Gasteiger partial charge in [0.1, 0.15) is 0 Å². The quantitative estimate of drug-likeness (QED) is 0.842. The van der Waals surface area contributed by atoms with E-state index < -0.39 is 6.10 Å². The van der Waals surface area contributed by atoms with E-state index in [0.29, 0.717) is 24.9 Å². The van der Waals surface area contributed by atoms with E-state index in [0.717, 1.165) is 30.8 Å². The Morgan fingerprint density at radius 2 is 1.96 bits per heavy atom. The Labute approximate surface area is 143 Å². The Bertz CT molecular complexity index is 644.